The predicted molar refractivity (Wildman–Crippen MR) is 87.3 cm³/mol. The van der Waals surface area contributed by atoms with Gasteiger partial charge in [0, 0.05) is 23.3 Å². The molecule has 1 aliphatic rings. The Balaban J connectivity index is 3.17. The van der Waals surface area contributed by atoms with Crippen molar-refractivity contribution in [3.05, 3.63) is 22.8 Å². The molecule has 1 rings (SSSR count). The molecule has 130 valence electrons. The molecule has 1 aliphatic carbocycles. The van der Waals surface area contributed by atoms with Gasteiger partial charge in [-0.1, -0.05) is 6.08 Å². The highest BCUT2D eigenvalue weighted by molar-refractivity contribution is 5.92. The maximum atomic E-state index is 12.9. The summed E-state index contributed by atoms with van der Waals surface area (Å²) in [6.45, 7) is 10.5. The van der Waals surface area contributed by atoms with Crippen LogP contribution in [0.4, 0.5) is 0 Å². The molecule has 0 heterocycles. The van der Waals surface area contributed by atoms with Crippen molar-refractivity contribution < 1.29 is 14.5 Å². The van der Waals surface area contributed by atoms with Gasteiger partial charge in [0.05, 0.1) is 0 Å². The van der Waals surface area contributed by atoms with E-state index in [1.54, 1.807) is 6.08 Å². The quantitative estimate of drug-likeness (QED) is 0.440. The van der Waals surface area contributed by atoms with E-state index in [9.17, 15) is 19.7 Å². The van der Waals surface area contributed by atoms with E-state index in [4.69, 9.17) is 0 Å². The highest BCUT2D eigenvalue weighted by atomic mass is 16.6. The van der Waals surface area contributed by atoms with Crippen molar-refractivity contribution in [1.29, 1.82) is 0 Å². The summed E-state index contributed by atoms with van der Waals surface area (Å²) < 4.78 is 0. The summed E-state index contributed by atoms with van der Waals surface area (Å²) in [6, 6.07) is 0. The van der Waals surface area contributed by atoms with Gasteiger partial charge in [-0.05, 0) is 46.0 Å². The van der Waals surface area contributed by atoms with E-state index < -0.39 is 11.1 Å². The number of nitro groups is 1. The van der Waals surface area contributed by atoms with Crippen LogP contribution >= 0.6 is 0 Å². The van der Waals surface area contributed by atoms with Gasteiger partial charge in [0.25, 0.3) is 0 Å². The molecule has 7 heteroatoms. The Morgan fingerprint density at radius 1 is 1.43 bits per heavy atom. The Morgan fingerprint density at radius 3 is 2.48 bits per heavy atom. The van der Waals surface area contributed by atoms with E-state index in [0.29, 0.717) is 12.8 Å². The lowest BCUT2D eigenvalue weighted by atomic mass is 9.82. The molecule has 0 bridgehead atoms. The minimum atomic E-state index is -1.12. The van der Waals surface area contributed by atoms with E-state index in [1.807, 2.05) is 20.8 Å². The average Bonchev–Trinajstić information content (AvgIpc) is 2.64. The summed E-state index contributed by atoms with van der Waals surface area (Å²) in [7, 11) is 0. The van der Waals surface area contributed by atoms with Crippen molar-refractivity contribution in [3.63, 3.8) is 0 Å². The molecule has 0 aromatic rings. The maximum absolute atomic E-state index is 12.9. The third-order valence-electron chi connectivity index (χ3n) is 4.08. The minimum absolute atomic E-state index is 0.197. The van der Waals surface area contributed by atoms with Crippen LogP contribution in [0, 0.1) is 22.0 Å². The van der Waals surface area contributed by atoms with Gasteiger partial charge in [-0.25, -0.2) is 0 Å². The van der Waals surface area contributed by atoms with Crippen LogP contribution < -0.4 is 10.6 Å². The van der Waals surface area contributed by atoms with Crippen LogP contribution in [0.15, 0.2) is 12.7 Å². The average molecular weight is 325 g/mol. The van der Waals surface area contributed by atoms with E-state index in [2.05, 4.69) is 17.2 Å². The van der Waals surface area contributed by atoms with Gasteiger partial charge in [0.2, 0.25) is 18.4 Å². The second kappa shape index (κ2) is 7.10. The maximum Gasteiger partial charge on any atom is 0.246 e. The first-order valence-corrected chi connectivity index (χ1v) is 7.84. The molecule has 1 saturated carbocycles. The monoisotopic (exact) mass is 325 g/mol. The van der Waals surface area contributed by atoms with E-state index in [0.717, 1.165) is 0 Å². The van der Waals surface area contributed by atoms with Gasteiger partial charge in [-0.3, -0.25) is 19.7 Å². The standard InChI is InChI=1S/C16H27N3O4/c1-6-7-13-8-12(10-19(22)23)9-16(13,17-11(2)20)14(21)18-15(3,4)5/h6,12-13H,1,7-10H2,2-5H3,(H,17,20)(H,18,21). The van der Waals surface area contributed by atoms with Gasteiger partial charge in [-0.15, -0.1) is 6.58 Å². The van der Waals surface area contributed by atoms with Crippen molar-refractivity contribution in [1.82, 2.24) is 10.6 Å². The molecule has 0 radical (unpaired) electrons. The largest absolute Gasteiger partial charge is 0.349 e. The number of hydrogen-bond acceptors (Lipinski definition) is 4. The Labute approximate surface area is 137 Å². The Morgan fingerprint density at radius 2 is 2.04 bits per heavy atom. The summed E-state index contributed by atoms with van der Waals surface area (Å²) in [5, 5.41) is 16.6. The van der Waals surface area contributed by atoms with Gasteiger partial charge in [-0.2, -0.15) is 0 Å². The van der Waals surface area contributed by atoms with E-state index in [-0.39, 0.29) is 41.5 Å². The highest BCUT2D eigenvalue weighted by Gasteiger charge is 2.54. The van der Waals surface area contributed by atoms with Crippen molar-refractivity contribution in [2.24, 2.45) is 11.8 Å². The highest BCUT2D eigenvalue weighted by Crippen LogP contribution is 2.42. The molecule has 2 N–H and O–H groups in total. The number of amides is 2. The molecule has 0 aliphatic heterocycles. The molecule has 2 amide bonds. The second-order valence-corrected chi connectivity index (χ2v) is 7.40. The van der Waals surface area contributed by atoms with Crippen molar-refractivity contribution >= 4 is 11.8 Å². The molecule has 7 nitrogen and oxygen atoms in total. The molecule has 0 aromatic heterocycles. The Bertz CT molecular complexity index is 498. The Hall–Kier alpha value is -1.92. The van der Waals surface area contributed by atoms with Gasteiger partial charge in [0.1, 0.15) is 5.54 Å². The first kappa shape index (κ1) is 19.1. The lowest BCUT2D eigenvalue weighted by Gasteiger charge is -2.37. The topological polar surface area (TPSA) is 101 Å². The van der Waals surface area contributed by atoms with E-state index in [1.165, 1.54) is 6.92 Å². The first-order chi connectivity index (χ1) is 10.5. The summed E-state index contributed by atoms with van der Waals surface area (Å²) in [4.78, 5) is 35.1. The SMILES string of the molecule is C=CCC1CC(C[N+](=O)[O-])CC1(NC(C)=O)C(=O)NC(C)(C)C. The van der Waals surface area contributed by atoms with Gasteiger partial charge < -0.3 is 10.6 Å². The molecule has 3 atom stereocenters. The fourth-order valence-electron chi connectivity index (χ4n) is 3.41. The molecule has 0 aromatic carbocycles. The van der Waals surface area contributed by atoms with Crippen LogP contribution in [-0.4, -0.2) is 34.4 Å². The van der Waals surface area contributed by atoms with Gasteiger partial charge >= 0.3 is 0 Å². The number of rotatable bonds is 6. The summed E-state index contributed by atoms with van der Waals surface area (Å²) in [5.41, 5.74) is -1.57. The molecular formula is C16H27N3O4. The number of nitrogens with one attached hydrogen (secondary N) is 2. The number of carbonyl (C=O) groups is 2. The fraction of sp³-hybridized carbons (Fsp3) is 0.750. The van der Waals surface area contributed by atoms with Crippen LogP contribution in [0.2, 0.25) is 0 Å². The van der Waals surface area contributed by atoms with Gasteiger partial charge in [0.15, 0.2) is 0 Å². The number of allylic oxidation sites excluding steroid dienone is 1. The van der Waals surface area contributed by atoms with Crippen molar-refractivity contribution in [2.75, 3.05) is 6.54 Å². The van der Waals surface area contributed by atoms with Crippen LogP contribution in [0.1, 0.15) is 47.0 Å². The van der Waals surface area contributed by atoms with Crippen LogP contribution in [-0.2, 0) is 9.59 Å². The second-order valence-electron chi connectivity index (χ2n) is 7.40. The molecule has 0 saturated heterocycles. The summed E-state index contributed by atoms with van der Waals surface area (Å²) >= 11 is 0. The number of hydrogen-bond donors (Lipinski definition) is 2. The van der Waals surface area contributed by atoms with Crippen LogP contribution in [0.25, 0.3) is 0 Å². The zero-order chi connectivity index (χ0) is 17.8. The minimum Gasteiger partial charge on any atom is -0.349 e. The lowest BCUT2D eigenvalue weighted by Crippen LogP contribution is -2.63. The Kier molecular flexibility index (Phi) is 5.91. The zero-order valence-corrected chi connectivity index (χ0v) is 14.3. The number of carbonyl (C=O) groups excluding carboxylic acids is 2. The smallest absolute Gasteiger partial charge is 0.246 e. The van der Waals surface area contributed by atoms with Crippen molar-refractivity contribution in [3.8, 4) is 0 Å². The summed E-state index contributed by atoms with van der Waals surface area (Å²) in [5.74, 6) is -1.04. The molecular weight excluding hydrogens is 298 g/mol. The normalized spacial score (nSPS) is 27.3. The van der Waals surface area contributed by atoms with Crippen LogP contribution in [0.5, 0.6) is 0 Å². The molecule has 23 heavy (non-hydrogen) atoms. The van der Waals surface area contributed by atoms with Crippen LogP contribution in [0.3, 0.4) is 0 Å². The molecule has 3 unspecified atom stereocenters. The first-order valence-electron chi connectivity index (χ1n) is 7.84. The third kappa shape index (κ3) is 5.04. The summed E-state index contributed by atoms with van der Waals surface area (Å²) in [6.07, 6.45) is 3.00. The fourth-order valence-corrected chi connectivity index (χ4v) is 3.41. The predicted octanol–water partition coefficient (Wildman–Crippen LogP) is 1.65. The third-order valence-corrected chi connectivity index (χ3v) is 4.08. The molecule has 1 fully saturated rings. The zero-order valence-electron chi connectivity index (χ0n) is 14.3. The number of nitrogens with zero attached hydrogens (tertiary/aromatic N) is 1. The van der Waals surface area contributed by atoms with E-state index >= 15 is 0 Å². The molecule has 0 spiro atoms. The van der Waals surface area contributed by atoms with Crippen molar-refractivity contribution in [2.45, 2.75) is 58.0 Å². The lowest BCUT2D eigenvalue weighted by molar-refractivity contribution is -0.488.